The van der Waals surface area contributed by atoms with E-state index in [9.17, 15) is 0 Å². The number of aromatic nitrogens is 2. The van der Waals surface area contributed by atoms with Crippen molar-refractivity contribution >= 4 is 28.4 Å². The van der Waals surface area contributed by atoms with Gasteiger partial charge >= 0.3 is 0 Å². The van der Waals surface area contributed by atoms with E-state index in [2.05, 4.69) is 39.8 Å². The first kappa shape index (κ1) is 9.51. The van der Waals surface area contributed by atoms with Crippen LogP contribution < -0.4 is 5.73 Å². The minimum Gasteiger partial charge on any atom is -0.383 e. The molecule has 0 unspecified atom stereocenters. The number of hydrogen-bond donors (Lipinski definition) is 1. The molecule has 0 aliphatic heterocycles. The van der Waals surface area contributed by atoms with Gasteiger partial charge in [0.1, 0.15) is 5.82 Å². The van der Waals surface area contributed by atoms with Crippen molar-refractivity contribution in [3.63, 3.8) is 0 Å². The SMILES string of the molecule is Nc1c(I)cnn1Cc1ccccc1. The van der Waals surface area contributed by atoms with Gasteiger partial charge < -0.3 is 5.73 Å². The summed E-state index contributed by atoms with van der Waals surface area (Å²) in [5.41, 5.74) is 7.05. The van der Waals surface area contributed by atoms with E-state index in [1.807, 2.05) is 18.2 Å². The predicted molar refractivity (Wildman–Crippen MR) is 64.9 cm³/mol. The van der Waals surface area contributed by atoms with E-state index < -0.39 is 0 Å². The van der Waals surface area contributed by atoms with Gasteiger partial charge in [0.15, 0.2) is 0 Å². The van der Waals surface area contributed by atoms with E-state index in [0.29, 0.717) is 0 Å². The summed E-state index contributed by atoms with van der Waals surface area (Å²) in [5.74, 6) is 0.731. The van der Waals surface area contributed by atoms with Crippen LogP contribution in [0.15, 0.2) is 36.5 Å². The van der Waals surface area contributed by atoms with Crippen LogP contribution in [-0.2, 0) is 6.54 Å². The van der Waals surface area contributed by atoms with Crippen molar-refractivity contribution in [2.24, 2.45) is 0 Å². The lowest BCUT2D eigenvalue weighted by molar-refractivity contribution is 0.697. The van der Waals surface area contributed by atoms with E-state index >= 15 is 0 Å². The highest BCUT2D eigenvalue weighted by atomic mass is 127. The van der Waals surface area contributed by atoms with Crippen molar-refractivity contribution in [3.05, 3.63) is 45.7 Å². The van der Waals surface area contributed by atoms with E-state index in [1.165, 1.54) is 5.56 Å². The molecule has 4 heteroatoms. The highest BCUT2D eigenvalue weighted by Crippen LogP contribution is 2.14. The highest BCUT2D eigenvalue weighted by Gasteiger charge is 2.03. The van der Waals surface area contributed by atoms with Crippen molar-refractivity contribution < 1.29 is 0 Å². The molecule has 0 bridgehead atoms. The summed E-state index contributed by atoms with van der Waals surface area (Å²) in [6.45, 7) is 0.732. The molecular weight excluding hydrogens is 289 g/mol. The van der Waals surface area contributed by atoms with Gasteiger partial charge in [-0.1, -0.05) is 30.3 Å². The molecule has 0 fully saturated rings. The molecule has 72 valence electrons. The first-order valence-electron chi connectivity index (χ1n) is 4.28. The predicted octanol–water partition coefficient (Wildman–Crippen LogP) is 2.12. The van der Waals surface area contributed by atoms with Crippen LogP contribution in [0.4, 0.5) is 5.82 Å². The van der Waals surface area contributed by atoms with E-state index in [4.69, 9.17) is 5.73 Å². The monoisotopic (exact) mass is 299 g/mol. The van der Waals surface area contributed by atoms with Gasteiger partial charge in [0.25, 0.3) is 0 Å². The minimum absolute atomic E-state index is 0.731. The second-order valence-electron chi connectivity index (χ2n) is 3.02. The molecule has 2 N–H and O–H groups in total. The molecule has 0 amide bonds. The number of hydrogen-bond acceptors (Lipinski definition) is 2. The van der Waals surface area contributed by atoms with E-state index in [-0.39, 0.29) is 0 Å². The van der Waals surface area contributed by atoms with Crippen molar-refractivity contribution in [1.82, 2.24) is 9.78 Å². The fourth-order valence-electron chi connectivity index (χ4n) is 1.25. The van der Waals surface area contributed by atoms with Crippen LogP contribution >= 0.6 is 22.6 Å². The number of nitrogen functional groups attached to an aromatic ring is 1. The third kappa shape index (κ3) is 1.89. The Balaban J connectivity index is 2.23. The van der Waals surface area contributed by atoms with Crippen molar-refractivity contribution in [3.8, 4) is 0 Å². The van der Waals surface area contributed by atoms with Gasteiger partial charge in [-0.25, -0.2) is 4.68 Å². The van der Waals surface area contributed by atoms with Gasteiger partial charge in [0.2, 0.25) is 0 Å². The summed E-state index contributed by atoms with van der Waals surface area (Å²) >= 11 is 2.18. The summed E-state index contributed by atoms with van der Waals surface area (Å²) in [7, 11) is 0. The average Bonchev–Trinajstić information content (AvgIpc) is 2.52. The van der Waals surface area contributed by atoms with Gasteiger partial charge in [-0.15, -0.1) is 0 Å². The molecule has 1 aromatic carbocycles. The molecule has 0 atom stereocenters. The zero-order chi connectivity index (χ0) is 9.97. The Morgan fingerprint density at radius 3 is 2.57 bits per heavy atom. The summed E-state index contributed by atoms with van der Waals surface area (Å²) in [6, 6.07) is 10.2. The fraction of sp³-hybridized carbons (Fsp3) is 0.100. The summed E-state index contributed by atoms with van der Waals surface area (Å²) in [5, 5.41) is 4.19. The standard InChI is InChI=1S/C10H10IN3/c11-9-6-13-14(10(9)12)7-8-4-2-1-3-5-8/h1-6H,7,12H2. The van der Waals surface area contributed by atoms with Crippen molar-refractivity contribution in [2.75, 3.05) is 5.73 Å². The maximum Gasteiger partial charge on any atom is 0.135 e. The molecular formula is C10H10IN3. The van der Waals surface area contributed by atoms with Crippen LogP contribution in [0.1, 0.15) is 5.56 Å². The molecule has 3 nitrogen and oxygen atoms in total. The van der Waals surface area contributed by atoms with Gasteiger partial charge in [-0.2, -0.15) is 5.10 Å². The Morgan fingerprint density at radius 2 is 2.00 bits per heavy atom. The number of rotatable bonds is 2. The maximum absolute atomic E-state index is 5.84. The average molecular weight is 299 g/mol. The second kappa shape index (κ2) is 4.00. The fourth-order valence-corrected chi connectivity index (χ4v) is 1.66. The van der Waals surface area contributed by atoms with Gasteiger partial charge in [-0.3, -0.25) is 0 Å². The third-order valence-electron chi connectivity index (χ3n) is 2.01. The third-order valence-corrected chi connectivity index (χ3v) is 2.84. The lowest BCUT2D eigenvalue weighted by Crippen LogP contribution is -2.05. The number of halogens is 1. The van der Waals surface area contributed by atoms with Crippen LogP contribution in [0.5, 0.6) is 0 Å². The topological polar surface area (TPSA) is 43.8 Å². The zero-order valence-corrected chi connectivity index (χ0v) is 9.68. The Bertz CT molecular complexity index is 422. The van der Waals surface area contributed by atoms with Crippen LogP contribution in [0, 0.1) is 3.57 Å². The van der Waals surface area contributed by atoms with Crippen LogP contribution in [-0.4, -0.2) is 9.78 Å². The van der Waals surface area contributed by atoms with Gasteiger partial charge in [0, 0.05) is 0 Å². The molecule has 0 saturated heterocycles. The van der Waals surface area contributed by atoms with Gasteiger partial charge in [0.05, 0.1) is 16.3 Å². The van der Waals surface area contributed by atoms with Crippen LogP contribution in [0.3, 0.4) is 0 Å². The molecule has 1 heterocycles. The Hall–Kier alpha value is -1.04. The highest BCUT2D eigenvalue weighted by molar-refractivity contribution is 14.1. The Labute approximate surface area is 96.1 Å². The normalized spacial score (nSPS) is 10.4. The molecule has 14 heavy (non-hydrogen) atoms. The summed E-state index contributed by atoms with van der Waals surface area (Å²) < 4.78 is 2.80. The molecule has 0 radical (unpaired) electrons. The van der Waals surface area contributed by atoms with Crippen molar-refractivity contribution in [2.45, 2.75) is 6.54 Å². The van der Waals surface area contributed by atoms with Crippen molar-refractivity contribution in [1.29, 1.82) is 0 Å². The van der Waals surface area contributed by atoms with Crippen LogP contribution in [0.2, 0.25) is 0 Å². The number of nitrogens with zero attached hydrogens (tertiary/aromatic N) is 2. The largest absolute Gasteiger partial charge is 0.383 e. The molecule has 2 aromatic rings. The zero-order valence-electron chi connectivity index (χ0n) is 7.52. The quantitative estimate of drug-likeness (QED) is 0.863. The molecule has 0 aliphatic carbocycles. The lowest BCUT2D eigenvalue weighted by atomic mass is 10.2. The smallest absolute Gasteiger partial charge is 0.135 e. The number of anilines is 1. The Morgan fingerprint density at radius 1 is 1.29 bits per heavy atom. The molecule has 1 aromatic heterocycles. The second-order valence-corrected chi connectivity index (χ2v) is 4.18. The van der Waals surface area contributed by atoms with E-state index in [1.54, 1.807) is 10.9 Å². The molecule has 0 aliphatic rings. The molecule has 0 spiro atoms. The first-order chi connectivity index (χ1) is 6.77. The lowest BCUT2D eigenvalue weighted by Gasteiger charge is -2.03. The van der Waals surface area contributed by atoms with E-state index in [0.717, 1.165) is 15.9 Å². The maximum atomic E-state index is 5.84. The summed E-state index contributed by atoms with van der Waals surface area (Å²) in [4.78, 5) is 0. The number of nitrogens with two attached hydrogens (primary N) is 1. The van der Waals surface area contributed by atoms with Gasteiger partial charge in [-0.05, 0) is 28.2 Å². The molecule has 2 rings (SSSR count). The minimum atomic E-state index is 0.731. The first-order valence-corrected chi connectivity index (χ1v) is 5.36. The Kier molecular flexibility index (Phi) is 2.72. The summed E-state index contributed by atoms with van der Waals surface area (Å²) in [6.07, 6.45) is 1.78. The van der Waals surface area contributed by atoms with Crippen LogP contribution in [0.25, 0.3) is 0 Å². The molecule has 0 saturated carbocycles. The number of benzene rings is 1.